The minimum absolute atomic E-state index is 0.0523. The Hall–Kier alpha value is -3.68. The molecule has 0 spiro atoms. The first-order valence-electron chi connectivity index (χ1n) is 14.9. The highest BCUT2D eigenvalue weighted by atomic mass is 32.1. The normalized spacial score (nSPS) is 14.0. The molecular weight excluding hydrogens is 586 g/mol. The van der Waals surface area contributed by atoms with Gasteiger partial charge in [-0.2, -0.15) is 0 Å². The summed E-state index contributed by atoms with van der Waals surface area (Å²) in [5.74, 6) is -1.46. The monoisotopic (exact) mass is 633 g/mol. The molecule has 1 aromatic heterocycles. The lowest BCUT2D eigenvalue weighted by Gasteiger charge is -2.33. The van der Waals surface area contributed by atoms with Crippen LogP contribution in [0.25, 0.3) is 0 Å². The van der Waals surface area contributed by atoms with Crippen LogP contribution in [0.3, 0.4) is 0 Å². The second kappa shape index (κ2) is 18.9. The predicted molar refractivity (Wildman–Crippen MR) is 169 cm³/mol. The molecule has 0 aliphatic heterocycles. The number of hydrazine groups is 1. The fraction of sp³-hybridized carbons (Fsp3) is 0.548. The first-order chi connectivity index (χ1) is 20.9. The molecule has 4 atom stereocenters. The molecule has 2 unspecified atom stereocenters. The summed E-state index contributed by atoms with van der Waals surface area (Å²) in [6, 6.07) is 10.6. The number of nitrogens with one attached hydrogen (secondary N) is 4. The SMILES string of the molecule is CCOC(=O)N[C@H](C(=O)NC(Cc1ccccc1)C(O)CN(Cc1cccs1)NC(=O)[C@@H](NC(=O)OCC)C(C)C)C(C)C. The van der Waals surface area contributed by atoms with Crippen molar-refractivity contribution in [2.75, 3.05) is 19.8 Å². The number of benzene rings is 1. The Bertz CT molecular complexity index is 1160. The number of amides is 4. The zero-order valence-electron chi connectivity index (χ0n) is 26.4. The van der Waals surface area contributed by atoms with Crippen LogP contribution in [-0.2, 0) is 32.0 Å². The highest BCUT2D eigenvalue weighted by Crippen LogP contribution is 2.15. The van der Waals surface area contributed by atoms with Crippen molar-refractivity contribution < 1.29 is 33.8 Å². The smallest absolute Gasteiger partial charge is 0.407 e. The van der Waals surface area contributed by atoms with Gasteiger partial charge in [0.15, 0.2) is 0 Å². The van der Waals surface area contributed by atoms with E-state index in [1.165, 1.54) is 11.3 Å². The van der Waals surface area contributed by atoms with Crippen molar-refractivity contribution in [3.63, 3.8) is 0 Å². The van der Waals surface area contributed by atoms with Crippen molar-refractivity contribution >= 4 is 35.3 Å². The van der Waals surface area contributed by atoms with Gasteiger partial charge in [-0.1, -0.05) is 64.1 Å². The molecule has 0 bridgehead atoms. The number of nitrogens with zero attached hydrogens (tertiary/aromatic N) is 1. The Morgan fingerprint density at radius 3 is 1.89 bits per heavy atom. The van der Waals surface area contributed by atoms with Gasteiger partial charge in [0, 0.05) is 11.4 Å². The molecule has 4 amide bonds. The van der Waals surface area contributed by atoms with Crippen LogP contribution < -0.4 is 21.4 Å². The summed E-state index contributed by atoms with van der Waals surface area (Å²) in [4.78, 5) is 52.0. The van der Waals surface area contributed by atoms with E-state index in [0.717, 1.165) is 10.4 Å². The summed E-state index contributed by atoms with van der Waals surface area (Å²) < 4.78 is 9.94. The van der Waals surface area contributed by atoms with E-state index in [4.69, 9.17) is 9.47 Å². The predicted octanol–water partition coefficient (Wildman–Crippen LogP) is 3.21. The Kier molecular flexibility index (Phi) is 15.7. The van der Waals surface area contributed by atoms with Crippen molar-refractivity contribution in [3.05, 3.63) is 58.3 Å². The average molecular weight is 634 g/mol. The lowest BCUT2D eigenvalue weighted by atomic mass is 9.98. The minimum Gasteiger partial charge on any atom is -0.450 e. The van der Waals surface area contributed by atoms with E-state index in [1.807, 2.05) is 47.8 Å². The Labute approximate surface area is 263 Å². The highest BCUT2D eigenvalue weighted by Gasteiger charge is 2.32. The van der Waals surface area contributed by atoms with Gasteiger partial charge >= 0.3 is 12.2 Å². The summed E-state index contributed by atoms with van der Waals surface area (Å²) in [6.45, 7) is 11.1. The molecule has 0 saturated carbocycles. The fourth-order valence-corrected chi connectivity index (χ4v) is 5.13. The van der Waals surface area contributed by atoms with Crippen molar-refractivity contribution in [1.29, 1.82) is 0 Å². The topological polar surface area (TPSA) is 158 Å². The van der Waals surface area contributed by atoms with E-state index in [9.17, 15) is 24.3 Å². The second-order valence-electron chi connectivity index (χ2n) is 11.0. The summed E-state index contributed by atoms with van der Waals surface area (Å²) in [5, 5.41) is 23.2. The molecule has 2 aromatic rings. The maximum Gasteiger partial charge on any atom is 0.407 e. The number of thiophene rings is 1. The number of aliphatic hydroxyl groups is 1. The Balaban J connectivity index is 2.30. The number of carbonyl (C=O) groups is 4. The maximum atomic E-state index is 13.4. The van der Waals surface area contributed by atoms with Crippen LogP contribution in [0.1, 0.15) is 52.0 Å². The number of hydrogen-bond acceptors (Lipinski definition) is 9. The summed E-state index contributed by atoms with van der Waals surface area (Å²) >= 11 is 1.49. The molecule has 0 aliphatic carbocycles. The van der Waals surface area contributed by atoms with E-state index in [2.05, 4.69) is 21.4 Å². The highest BCUT2D eigenvalue weighted by molar-refractivity contribution is 7.09. The van der Waals surface area contributed by atoms with Crippen molar-refractivity contribution in [2.45, 2.75) is 78.7 Å². The van der Waals surface area contributed by atoms with E-state index < -0.39 is 48.2 Å². The molecule has 1 heterocycles. The van der Waals surface area contributed by atoms with Crippen LogP contribution in [0.5, 0.6) is 0 Å². The first-order valence-corrected chi connectivity index (χ1v) is 15.8. The summed E-state index contributed by atoms with van der Waals surface area (Å²) in [5.41, 5.74) is 3.73. The van der Waals surface area contributed by atoms with E-state index in [0.29, 0.717) is 0 Å². The third-order valence-electron chi connectivity index (χ3n) is 6.69. The van der Waals surface area contributed by atoms with Gasteiger partial charge in [-0.15, -0.1) is 11.3 Å². The number of carbonyl (C=O) groups excluding carboxylic acids is 4. The molecule has 5 N–H and O–H groups in total. The quantitative estimate of drug-likeness (QED) is 0.166. The zero-order valence-corrected chi connectivity index (χ0v) is 27.2. The molecule has 0 saturated heterocycles. The number of hydrogen-bond donors (Lipinski definition) is 5. The first kappa shape index (κ1) is 36.5. The van der Waals surface area contributed by atoms with Crippen LogP contribution in [0.4, 0.5) is 9.59 Å². The van der Waals surface area contributed by atoms with Crippen LogP contribution in [0.2, 0.25) is 0 Å². The van der Waals surface area contributed by atoms with E-state index >= 15 is 0 Å². The summed E-state index contributed by atoms with van der Waals surface area (Å²) in [7, 11) is 0. The van der Waals surface area contributed by atoms with Crippen molar-refractivity contribution in [1.82, 2.24) is 26.4 Å². The molecule has 0 aliphatic rings. The number of aliphatic hydroxyl groups excluding tert-OH is 1. The fourth-order valence-electron chi connectivity index (χ4n) is 4.41. The van der Waals surface area contributed by atoms with Crippen LogP contribution in [0.15, 0.2) is 47.8 Å². The molecule has 2 rings (SSSR count). The van der Waals surface area contributed by atoms with Crippen molar-refractivity contribution in [3.8, 4) is 0 Å². The summed E-state index contributed by atoms with van der Waals surface area (Å²) in [6.07, 6.45) is -2.27. The van der Waals surface area contributed by atoms with Gasteiger partial charge in [-0.25, -0.2) is 14.6 Å². The number of ether oxygens (including phenoxy) is 2. The van der Waals surface area contributed by atoms with Gasteiger partial charge in [-0.3, -0.25) is 15.0 Å². The molecule has 12 nitrogen and oxygen atoms in total. The van der Waals surface area contributed by atoms with Gasteiger partial charge < -0.3 is 30.5 Å². The molecule has 1 aromatic carbocycles. The van der Waals surface area contributed by atoms with Crippen LogP contribution in [-0.4, -0.2) is 78.1 Å². The van der Waals surface area contributed by atoms with Gasteiger partial charge in [-0.05, 0) is 49.1 Å². The lowest BCUT2D eigenvalue weighted by Crippen LogP contribution is -2.59. The van der Waals surface area contributed by atoms with Gasteiger partial charge in [0.1, 0.15) is 12.1 Å². The van der Waals surface area contributed by atoms with E-state index in [1.54, 1.807) is 46.6 Å². The third kappa shape index (κ3) is 12.5. The standard InChI is InChI=1S/C31H47N5O7S/c1-7-42-30(40)33-26(20(3)4)28(38)32-24(17-22-13-10-9-11-14-22)25(37)19-36(18-23-15-12-16-44-23)35-29(39)27(21(5)6)34-31(41)43-8-2/h9-16,20-21,24-27,37H,7-8,17-19H2,1-6H3,(H,32,38)(H,33,40)(H,34,41)(H,35,39)/t24?,25?,26-,27-/m0/s1. The number of alkyl carbamates (subject to hydrolysis) is 2. The number of rotatable bonds is 17. The van der Waals surface area contributed by atoms with Gasteiger partial charge in [0.2, 0.25) is 5.91 Å². The second-order valence-corrected chi connectivity index (χ2v) is 12.0. The minimum atomic E-state index is -1.15. The molecule has 0 radical (unpaired) electrons. The third-order valence-corrected chi connectivity index (χ3v) is 7.55. The molecular formula is C31H47N5O7S. The van der Waals surface area contributed by atoms with Crippen LogP contribution >= 0.6 is 11.3 Å². The Morgan fingerprint density at radius 2 is 1.39 bits per heavy atom. The van der Waals surface area contributed by atoms with Gasteiger partial charge in [0.25, 0.3) is 5.91 Å². The lowest BCUT2D eigenvalue weighted by molar-refractivity contribution is -0.131. The molecule has 244 valence electrons. The molecule has 0 fully saturated rings. The van der Waals surface area contributed by atoms with E-state index in [-0.39, 0.29) is 44.6 Å². The molecule has 44 heavy (non-hydrogen) atoms. The zero-order chi connectivity index (χ0) is 32.6. The van der Waals surface area contributed by atoms with Crippen molar-refractivity contribution in [2.24, 2.45) is 11.8 Å². The van der Waals surface area contributed by atoms with Crippen LogP contribution in [0, 0.1) is 11.8 Å². The Morgan fingerprint density at radius 1 is 0.818 bits per heavy atom. The maximum absolute atomic E-state index is 13.4. The largest absolute Gasteiger partial charge is 0.450 e. The molecule has 13 heteroatoms. The average Bonchev–Trinajstić information content (AvgIpc) is 3.47. The van der Waals surface area contributed by atoms with Gasteiger partial charge in [0.05, 0.1) is 31.9 Å².